The van der Waals surface area contributed by atoms with Gasteiger partial charge in [-0.2, -0.15) is 0 Å². The second-order valence-corrected chi connectivity index (χ2v) is 5.29. The van der Waals surface area contributed by atoms with E-state index in [2.05, 4.69) is 28.9 Å². The minimum absolute atomic E-state index is 0.0944. The number of anilines is 1. The van der Waals surface area contributed by atoms with Crippen LogP contribution in [0.3, 0.4) is 0 Å². The first-order valence-corrected chi connectivity index (χ1v) is 6.43. The second kappa shape index (κ2) is 7.04. The number of likely N-dealkylation sites (N-methyl/N-ethyl adjacent to an activating group) is 1. The first-order chi connectivity index (χ1) is 8.90. The van der Waals surface area contributed by atoms with Gasteiger partial charge >= 0.3 is 0 Å². The summed E-state index contributed by atoms with van der Waals surface area (Å²) in [4.78, 5) is 16.2. The van der Waals surface area contributed by atoms with Crippen molar-refractivity contribution >= 4 is 11.7 Å². The topological polar surface area (TPSA) is 75.3 Å². The van der Waals surface area contributed by atoms with Crippen molar-refractivity contribution < 1.29 is 4.79 Å². The van der Waals surface area contributed by atoms with Gasteiger partial charge in [-0.15, -0.1) is 10.2 Å². The molecule has 0 atom stereocenters. The van der Waals surface area contributed by atoms with Gasteiger partial charge in [-0.05, 0) is 32.1 Å². The van der Waals surface area contributed by atoms with E-state index in [1.807, 2.05) is 19.0 Å². The SMILES string of the molecule is CC(C)CN(CCN(C)C)C(=O)c1ccc(N)nn1. The van der Waals surface area contributed by atoms with E-state index in [1.54, 1.807) is 12.1 Å². The predicted molar refractivity (Wildman–Crippen MR) is 75.7 cm³/mol. The molecule has 0 unspecified atom stereocenters. The van der Waals surface area contributed by atoms with Crippen LogP contribution in [0.2, 0.25) is 0 Å². The summed E-state index contributed by atoms with van der Waals surface area (Å²) in [5.74, 6) is 0.635. The highest BCUT2D eigenvalue weighted by Crippen LogP contribution is 2.06. The molecule has 1 aromatic heterocycles. The summed E-state index contributed by atoms with van der Waals surface area (Å²) in [6.07, 6.45) is 0. The number of aromatic nitrogens is 2. The predicted octanol–water partition coefficient (Wildman–Crippen LogP) is 0.719. The van der Waals surface area contributed by atoms with Gasteiger partial charge in [0.15, 0.2) is 5.69 Å². The van der Waals surface area contributed by atoms with Crippen molar-refractivity contribution in [2.24, 2.45) is 5.92 Å². The van der Waals surface area contributed by atoms with Crippen LogP contribution in [0.1, 0.15) is 24.3 Å². The van der Waals surface area contributed by atoms with E-state index < -0.39 is 0 Å². The smallest absolute Gasteiger partial charge is 0.274 e. The van der Waals surface area contributed by atoms with Crippen LogP contribution in [0, 0.1) is 5.92 Å². The van der Waals surface area contributed by atoms with Crippen molar-refractivity contribution in [3.05, 3.63) is 17.8 Å². The van der Waals surface area contributed by atoms with Crippen molar-refractivity contribution in [3.8, 4) is 0 Å². The van der Waals surface area contributed by atoms with Gasteiger partial charge in [-0.3, -0.25) is 4.79 Å². The van der Waals surface area contributed by atoms with Crippen molar-refractivity contribution in [1.82, 2.24) is 20.0 Å². The molecule has 19 heavy (non-hydrogen) atoms. The maximum absolute atomic E-state index is 12.4. The van der Waals surface area contributed by atoms with Crippen LogP contribution in [0.15, 0.2) is 12.1 Å². The van der Waals surface area contributed by atoms with Gasteiger partial charge in [0.05, 0.1) is 0 Å². The molecule has 6 heteroatoms. The van der Waals surface area contributed by atoms with Gasteiger partial charge in [0.25, 0.3) is 5.91 Å². The Morgan fingerprint density at radius 2 is 1.95 bits per heavy atom. The molecule has 1 aromatic rings. The van der Waals surface area contributed by atoms with Crippen LogP contribution in [0.5, 0.6) is 0 Å². The number of nitrogen functional groups attached to an aromatic ring is 1. The van der Waals surface area contributed by atoms with Crippen LogP contribution in [-0.4, -0.2) is 59.6 Å². The molecule has 1 heterocycles. The molecule has 0 aliphatic rings. The number of amides is 1. The molecule has 0 spiro atoms. The van der Waals surface area contributed by atoms with Gasteiger partial charge in [0, 0.05) is 19.6 Å². The highest BCUT2D eigenvalue weighted by atomic mass is 16.2. The third-order valence-electron chi connectivity index (χ3n) is 2.59. The highest BCUT2D eigenvalue weighted by molar-refractivity contribution is 5.92. The molecule has 0 aliphatic heterocycles. The fourth-order valence-electron chi connectivity index (χ4n) is 1.66. The number of hydrogen-bond acceptors (Lipinski definition) is 5. The van der Waals surface area contributed by atoms with Gasteiger partial charge in [0.2, 0.25) is 0 Å². The van der Waals surface area contributed by atoms with Gasteiger partial charge < -0.3 is 15.5 Å². The molecule has 2 N–H and O–H groups in total. The third kappa shape index (κ3) is 5.21. The molecule has 0 bridgehead atoms. The quantitative estimate of drug-likeness (QED) is 0.820. The molecular formula is C13H23N5O. The summed E-state index contributed by atoms with van der Waals surface area (Å²) < 4.78 is 0. The Balaban J connectivity index is 2.77. The van der Waals surface area contributed by atoms with E-state index in [1.165, 1.54) is 0 Å². The number of carbonyl (C=O) groups excluding carboxylic acids is 1. The van der Waals surface area contributed by atoms with E-state index >= 15 is 0 Å². The van der Waals surface area contributed by atoms with Crippen molar-refractivity contribution in [1.29, 1.82) is 0 Å². The van der Waals surface area contributed by atoms with E-state index in [4.69, 9.17) is 5.73 Å². The zero-order valence-corrected chi connectivity index (χ0v) is 12.1. The Kier molecular flexibility index (Phi) is 5.69. The average molecular weight is 265 g/mol. The van der Waals surface area contributed by atoms with E-state index in [0.29, 0.717) is 30.5 Å². The summed E-state index contributed by atoms with van der Waals surface area (Å²) in [7, 11) is 3.97. The Morgan fingerprint density at radius 3 is 2.42 bits per heavy atom. The molecule has 0 aromatic carbocycles. The highest BCUT2D eigenvalue weighted by Gasteiger charge is 2.18. The van der Waals surface area contributed by atoms with Crippen molar-refractivity contribution in [2.45, 2.75) is 13.8 Å². The summed E-state index contributed by atoms with van der Waals surface area (Å²) in [6, 6.07) is 3.22. The lowest BCUT2D eigenvalue weighted by atomic mass is 10.2. The normalized spacial score (nSPS) is 11.1. The monoisotopic (exact) mass is 265 g/mol. The molecule has 6 nitrogen and oxygen atoms in total. The summed E-state index contributed by atoms with van der Waals surface area (Å²) in [5.41, 5.74) is 5.82. The molecule has 0 saturated carbocycles. The number of rotatable bonds is 6. The Labute approximate surface area is 114 Å². The summed E-state index contributed by atoms with van der Waals surface area (Å²) in [6.45, 7) is 6.38. The largest absolute Gasteiger partial charge is 0.382 e. The fourth-order valence-corrected chi connectivity index (χ4v) is 1.66. The van der Waals surface area contributed by atoms with Crippen LogP contribution in [-0.2, 0) is 0 Å². The summed E-state index contributed by atoms with van der Waals surface area (Å²) >= 11 is 0. The van der Waals surface area contributed by atoms with Crippen molar-refractivity contribution in [2.75, 3.05) is 39.5 Å². The Hall–Kier alpha value is -1.69. The number of carbonyl (C=O) groups is 1. The van der Waals surface area contributed by atoms with Gasteiger partial charge in [-0.25, -0.2) is 0 Å². The molecule has 0 radical (unpaired) electrons. The standard InChI is InChI=1S/C13H23N5O/c1-10(2)9-18(8-7-17(3)4)13(19)11-5-6-12(14)16-15-11/h5-6,10H,7-9H2,1-4H3,(H2,14,16). The molecule has 1 rings (SSSR count). The minimum atomic E-state index is -0.0944. The van der Waals surface area contributed by atoms with Gasteiger partial charge in [0.1, 0.15) is 5.82 Å². The van der Waals surface area contributed by atoms with Gasteiger partial charge in [-0.1, -0.05) is 13.8 Å². The zero-order chi connectivity index (χ0) is 14.4. The molecule has 0 fully saturated rings. The van der Waals surface area contributed by atoms with E-state index in [0.717, 1.165) is 6.54 Å². The van der Waals surface area contributed by atoms with Crippen LogP contribution < -0.4 is 5.73 Å². The number of nitrogens with zero attached hydrogens (tertiary/aromatic N) is 4. The summed E-state index contributed by atoms with van der Waals surface area (Å²) in [5, 5.41) is 7.58. The lowest BCUT2D eigenvalue weighted by Crippen LogP contribution is -2.39. The molecule has 0 aliphatic carbocycles. The van der Waals surface area contributed by atoms with Crippen LogP contribution in [0.4, 0.5) is 5.82 Å². The number of nitrogens with two attached hydrogens (primary N) is 1. The maximum Gasteiger partial charge on any atom is 0.274 e. The molecule has 106 valence electrons. The maximum atomic E-state index is 12.4. The average Bonchev–Trinajstić information content (AvgIpc) is 2.34. The van der Waals surface area contributed by atoms with E-state index in [-0.39, 0.29) is 5.91 Å². The second-order valence-electron chi connectivity index (χ2n) is 5.29. The molecule has 1 amide bonds. The van der Waals surface area contributed by atoms with Crippen LogP contribution in [0.25, 0.3) is 0 Å². The van der Waals surface area contributed by atoms with Crippen molar-refractivity contribution in [3.63, 3.8) is 0 Å². The minimum Gasteiger partial charge on any atom is -0.382 e. The molecular weight excluding hydrogens is 242 g/mol. The Bertz CT molecular complexity index is 402. The lowest BCUT2D eigenvalue weighted by molar-refractivity contribution is 0.0717. The number of hydrogen-bond donors (Lipinski definition) is 1. The lowest BCUT2D eigenvalue weighted by Gasteiger charge is -2.25. The van der Waals surface area contributed by atoms with Crippen LogP contribution >= 0.6 is 0 Å². The first-order valence-electron chi connectivity index (χ1n) is 6.43. The third-order valence-corrected chi connectivity index (χ3v) is 2.59. The Morgan fingerprint density at radius 1 is 1.26 bits per heavy atom. The van der Waals surface area contributed by atoms with E-state index in [9.17, 15) is 4.79 Å². The molecule has 0 saturated heterocycles. The zero-order valence-electron chi connectivity index (χ0n) is 12.1. The fraction of sp³-hybridized carbons (Fsp3) is 0.615. The first kappa shape index (κ1) is 15.4.